The minimum atomic E-state index is -0.993. The van der Waals surface area contributed by atoms with Crippen LogP contribution in [-0.4, -0.2) is 15.7 Å². The molecule has 20 heavy (non-hydrogen) atoms. The number of rotatable bonds is 4. The molecule has 0 spiro atoms. The number of nitrogens with zero attached hydrogens (tertiary/aromatic N) is 2. The molecule has 102 valence electrons. The Labute approximate surface area is 112 Å². The summed E-state index contributed by atoms with van der Waals surface area (Å²) >= 11 is 0. The van der Waals surface area contributed by atoms with Crippen LogP contribution in [0.15, 0.2) is 36.5 Å². The highest BCUT2D eigenvalue weighted by molar-refractivity contribution is 5.94. The van der Waals surface area contributed by atoms with Gasteiger partial charge in [0.05, 0.1) is 4.92 Å². The molecule has 1 aromatic heterocycles. The molecule has 0 radical (unpaired) electrons. The van der Waals surface area contributed by atoms with Gasteiger partial charge in [0, 0.05) is 30.0 Å². The molecule has 0 aliphatic heterocycles. The first kappa shape index (κ1) is 13.4. The maximum atomic E-state index is 13.4. The fraction of sp³-hybridized carbons (Fsp3) is 0. The average Bonchev–Trinajstić information content (AvgIpc) is 2.39. The van der Waals surface area contributed by atoms with Crippen molar-refractivity contribution in [3.8, 4) is 11.6 Å². The van der Waals surface area contributed by atoms with Crippen molar-refractivity contribution in [2.75, 3.05) is 0 Å². The number of nitro groups is 1. The largest absolute Gasteiger partial charge is 0.439 e. The van der Waals surface area contributed by atoms with Gasteiger partial charge in [-0.25, -0.2) is 4.98 Å². The van der Waals surface area contributed by atoms with Gasteiger partial charge in [0.2, 0.25) is 11.7 Å². The molecule has 0 saturated heterocycles. The summed E-state index contributed by atoms with van der Waals surface area (Å²) in [6.07, 6.45) is 1.33. The summed E-state index contributed by atoms with van der Waals surface area (Å²) in [7, 11) is 0. The molecular formula is C12H9FN4O3. The van der Waals surface area contributed by atoms with Crippen molar-refractivity contribution in [2.24, 2.45) is 5.73 Å². The SMILES string of the molecule is N=C(N)c1ccc(Oc2ccc([N+](=O)[O-])c(F)c2)nc1. The Morgan fingerprint density at radius 3 is 2.65 bits per heavy atom. The number of hydrogen-bond acceptors (Lipinski definition) is 5. The van der Waals surface area contributed by atoms with E-state index in [1.165, 1.54) is 24.4 Å². The van der Waals surface area contributed by atoms with E-state index in [4.69, 9.17) is 15.9 Å². The van der Waals surface area contributed by atoms with Gasteiger partial charge in [0.1, 0.15) is 11.6 Å². The van der Waals surface area contributed by atoms with E-state index in [1.807, 2.05) is 0 Å². The number of pyridine rings is 1. The van der Waals surface area contributed by atoms with Crippen LogP contribution in [0.5, 0.6) is 11.6 Å². The average molecular weight is 276 g/mol. The zero-order valence-electron chi connectivity index (χ0n) is 10.0. The van der Waals surface area contributed by atoms with E-state index < -0.39 is 16.4 Å². The Kier molecular flexibility index (Phi) is 3.56. The molecule has 0 bridgehead atoms. The van der Waals surface area contributed by atoms with Crippen LogP contribution in [0.3, 0.4) is 0 Å². The molecular weight excluding hydrogens is 267 g/mol. The van der Waals surface area contributed by atoms with Gasteiger partial charge in [-0.05, 0) is 12.1 Å². The fourth-order valence-corrected chi connectivity index (χ4v) is 1.42. The minimum absolute atomic E-state index is 0.0798. The highest BCUT2D eigenvalue weighted by Crippen LogP contribution is 2.25. The lowest BCUT2D eigenvalue weighted by atomic mass is 10.2. The second-order valence-electron chi connectivity index (χ2n) is 3.77. The maximum absolute atomic E-state index is 13.4. The van der Waals surface area contributed by atoms with Crippen LogP contribution < -0.4 is 10.5 Å². The summed E-state index contributed by atoms with van der Waals surface area (Å²) in [6, 6.07) is 6.15. The molecule has 8 heteroatoms. The first-order valence-electron chi connectivity index (χ1n) is 5.39. The molecule has 0 saturated carbocycles. The lowest BCUT2D eigenvalue weighted by molar-refractivity contribution is -0.387. The van der Waals surface area contributed by atoms with Crippen molar-refractivity contribution in [3.05, 3.63) is 58.0 Å². The van der Waals surface area contributed by atoms with Crippen molar-refractivity contribution < 1.29 is 14.1 Å². The van der Waals surface area contributed by atoms with E-state index in [0.717, 1.165) is 12.1 Å². The second kappa shape index (κ2) is 5.31. The van der Waals surface area contributed by atoms with Gasteiger partial charge in [-0.1, -0.05) is 0 Å². The molecule has 1 aromatic carbocycles. The van der Waals surface area contributed by atoms with Gasteiger partial charge in [-0.2, -0.15) is 4.39 Å². The normalized spacial score (nSPS) is 10.1. The number of ether oxygens (including phenoxy) is 1. The third-order valence-corrected chi connectivity index (χ3v) is 2.39. The Morgan fingerprint density at radius 1 is 1.40 bits per heavy atom. The third-order valence-electron chi connectivity index (χ3n) is 2.39. The molecule has 0 unspecified atom stereocenters. The van der Waals surface area contributed by atoms with Crippen LogP contribution in [0, 0.1) is 21.3 Å². The molecule has 0 aliphatic rings. The smallest absolute Gasteiger partial charge is 0.305 e. The van der Waals surface area contributed by atoms with E-state index in [0.29, 0.717) is 5.56 Å². The van der Waals surface area contributed by atoms with Gasteiger partial charge in [0.25, 0.3) is 0 Å². The van der Waals surface area contributed by atoms with Crippen LogP contribution in [0.4, 0.5) is 10.1 Å². The number of nitrogen functional groups attached to an aromatic ring is 1. The van der Waals surface area contributed by atoms with Gasteiger partial charge in [-0.15, -0.1) is 0 Å². The fourth-order valence-electron chi connectivity index (χ4n) is 1.42. The number of nitrogens with one attached hydrogen (secondary N) is 1. The molecule has 1 heterocycles. The van der Waals surface area contributed by atoms with E-state index in [1.54, 1.807) is 0 Å². The van der Waals surface area contributed by atoms with E-state index in [2.05, 4.69) is 4.98 Å². The molecule has 3 N–H and O–H groups in total. The number of hydrogen-bond donors (Lipinski definition) is 2. The molecule has 0 atom stereocenters. The molecule has 2 aromatic rings. The van der Waals surface area contributed by atoms with Gasteiger partial charge in [0.15, 0.2) is 0 Å². The number of amidine groups is 1. The van der Waals surface area contributed by atoms with Crippen LogP contribution in [0.25, 0.3) is 0 Å². The van der Waals surface area contributed by atoms with E-state index in [-0.39, 0.29) is 17.5 Å². The quantitative estimate of drug-likeness (QED) is 0.384. The van der Waals surface area contributed by atoms with Crippen LogP contribution in [0.2, 0.25) is 0 Å². The first-order chi connectivity index (χ1) is 9.47. The van der Waals surface area contributed by atoms with Crippen molar-refractivity contribution in [2.45, 2.75) is 0 Å². The van der Waals surface area contributed by atoms with E-state index >= 15 is 0 Å². The molecule has 0 amide bonds. The summed E-state index contributed by atoms with van der Waals surface area (Å²) in [6.45, 7) is 0. The lowest BCUT2D eigenvalue weighted by Crippen LogP contribution is -2.11. The Balaban J connectivity index is 2.19. The standard InChI is InChI=1S/C12H9FN4O3/c13-9-5-8(2-3-10(9)17(18)19)20-11-4-1-7(6-16-11)12(14)15/h1-6H,(H3,14,15). The highest BCUT2D eigenvalue weighted by atomic mass is 19.1. The molecule has 7 nitrogen and oxygen atoms in total. The molecule has 0 aliphatic carbocycles. The van der Waals surface area contributed by atoms with Crippen molar-refractivity contribution in [1.29, 1.82) is 5.41 Å². The van der Waals surface area contributed by atoms with Crippen molar-refractivity contribution in [1.82, 2.24) is 4.98 Å². The number of halogens is 1. The summed E-state index contributed by atoms with van der Waals surface area (Å²) < 4.78 is 18.6. The predicted octanol–water partition coefficient (Wildman–Crippen LogP) is 2.21. The number of aromatic nitrogens is 1. The number of benzene rings is 1. The zero-order valence-corrected chi connectivity index (χ0v) is 10.0. The number of nitro benzene ring substituents is 1. The van der Waals surface area contributed by atoms with Gasteiger partial charge >= 0.3 is 5.69 Å². The summed E-state index contributed by atoms with van der Waals surface area (Å²) in [5.74, 6) is -0.891. The monoisotopic (exact) mass is 276 g/mol. The summed E-state index contributed by atoms with van der Waals surface area (Å²) in [5, 5.41) is 17.7. The van der Waals surface area contributed by atoms with Crippen molar-refractivity contribution >= 4 is 11.5 Å². The Hall–Kier alpha value is -3.03. The topological polar surface area (TPSA) is 115 Å². The Morgan fingerprint density at radius 2 is 2.15 bits per heavy atom. The zero-order chi connectivity index (χ0) is 14.7. The van der Waals surface area contributed by atoms with Gasteiger partial charge in [-0.3, -0.25) is 15.5 Å². The third kappa shape index (κ3) is 2.86. The molecule has 0 fully saturated rings. The second-order valence-corrected chi connectivity index (χ2v) is 3.77. The maximum Gasteiger partial charge on any atom is 0.305 e. The van der Waals surface area contributed by atoms with E-state index in [9.17, 15) is 14.5 Å². The first-order valence-corrected chi connectivity index (χ1v) is 5.39. The Bertz CT molecular complexity index is 673. The summed E-state index contributed by atoms with van der Waals surface area (Å²) in [4.78, 5) is 13.5. The lowest BCUT2D eigenvalue weighted by Gasteiger charge is -2.05. The highest BCUT2D eigenvalue weighted by Gasteiger charge is 2.14. The predicted molar refractivity (Wildman–Crippen MR) is 68.4 cm³/mol. The van der Waals surface area contributed by atoms with Crippen LogP contribution in [0.1, 0.15) is 5.56 Å². The van der Waals surface area contributed by atoms with Gasteiger partial charge < -0.3 is 10.5 Å². The number of nitrogens with two attached hydrogens (primary N) is 1. The van der Waals surface area contributed by atoms with Crippen molar-refractivity contribution in [3.63, 3.8) is 0 Å². The van der Waals surface area contributed by atoms with Crippen LogP contribution >= 0.6 is 0 Å². The summed E-state index contributed by atoms with van der Waals surface area (Å²) in [5.41, 5.74) is 5.07. The van der Waals surface area contributed by atoms with Crippen LogP contribution in [-0.2, 0) is 0 Å². The minimum Gasteiger partial charge on any atom is -0.439 e. The molecule has 2 rings (SSSR count).